The summed E-state index contributed by atoms with van der Waals surface area (Å²) in [4.78, 5) is 38.1. The van der Waals surface area contributed by atoms with Crippen LogP contribution < -0.4 is 0 Å². The van der Waals surface area contributed by atoms with Crippen LogP contribution in [0.5, 0.6) is 0 Å². The van der Waals surface area contributed by atoms with E-state index in [1.54, 1.807) is 0 Å². The minimum absolute atomic E-state index is 0.128. The van der Waals surface area contributed by atoms with E-state index in [-0.39, 0.29) is 37.5 Å². The Hall–Kier alpha value is -4.71. The van der Waals surface area contributed by atoms with Gasteiger partial charge < -0.3 is 14.2 Å². The summed E-state index contributed by atoms with van der Waals surface area (Å²) in [6, 6.07) is 0. The van der Waals surface area contributed by atoms with Crippen molar-refractivity contribution >= 4 is 17.9 Å². The predicted octanol–water partition coefficient (Wildman–Crippen LogP) is 19.2. The molecule has 0 saturated carbocycles. The molecule has 0 unspecified atom stereocenters. The minimum atomic E-state index is -0.837. The summed E-state index contributed by atoms with van der Waals surface area (Å²) in [7, 11) is 0. The van der Waals surface area contributed by atoms with Gasteiger partial charge in [0, 0.05) is 19.3 Å². The lowest BCUT2D eigenvalue weighted by Gasteiger charge is -2.18. The highest BCUT2D eigenvalue weighted by Gasteiger charge is 2.19. The number of esters is 3. The maximum absolute atomic E-state index is 12.8. The molecule has 0 aromatic rings. The Kier molecular flexibility index (Phi) is 54.0. The van der Waals surface area contributed by atoms with Crippen molar-refractivity contribution in [1.29, 1.82) is 0 Å². The number of allylic oxidation sites excluding steroid dienone is 24. The zero-order valence-electron chi connectivity index (χ0n) is 45.4. The molecule has 71 heavy (non-hydrogen) atoms. The van der Waals surface area contributed by atoms with E-state index in [0.29, 0.717) is 19.3 Å². The fourth-order valence-electron chi connectivity index (χ4n) is 7.05. The molecule has 6 heteroatoms. The molecule has 0 bridgehead atoms. The van der Waals surface area contributed by atoms with Crippen molar-refractivity contribution in [1.82, 2.24) is 0 Å². The first-order chi connectivity index (χ1) is 35.0. The smallest absolute Gasteiger partial charge is 0.306 e. The van der Waals surface area contributed by atoms with Crippen molar-refractivity contribution < 1.29 is 28.6 Å². The monoisotopic (exact) mass is 979 g/mol. The molecule has 6 nitrogen and oxygen atoms in total. The van der Waals surface area contributed by atoms with Gasteiger partial charge in [-0.2, -0.15) is 0 Å². The van der Waals surface area contributed by atoms with Gasteiger partial charge in [0.25, 0.3) is 0 Å². The molecule has 0 aliphatic rings. The van der Waals surface area contributed by atoms with Crippen molar-refractivity contribution in [2.75, 3.05) is 13.2 Å². The van der Waals surface area contributed by atoms with E-state index in [4.69, 9.17) is 14.2 Å². The molecular formula is C65H102O6. The molecule has 1 atom stereocenters. The second kappa shape index (κ2) is 57.9. The summed E-state index contributed by atoms with van der Waals surface area (Å²) in [5.74, 6) is -1.05. The van der Waals surface area contributed by atoms with Gasteiger partial charge >= 0.3 is 17.9 Å². The molecule has 0 heterocycles. The summed E-state index contributed by atoms with van der Waals surface area (Å²) in [6.07, 6.45) is 82.6. The lowest BCUT2D eigenvalue weighted by molar-refractivity contribution is -0.167. The van der Waals surface area contributed by atoms with Crippen LogP contribution in [0.15, 0.2) is 146 Å². The topological polar surface area (TPSA) is 78.9 Å². The molecule has 0 N–H and O–H groups in total. The molecule has 398 valence electrons. The lowest BCUT2D eigenvalue weighted by atomic mass is 10.1. The highest BCUT2D eigenvalue weighted by molar-refractivity contribution is 5.71. The van der Waals surface area contributed by atoms with Gasteiger partial charge in [-0.15, -0.1) is 0 Å². The molecule has 0 aliphatic heterocycles. The molecule has 0 rings (SSSR count). The molecule has 0 aliphatic carbocycles. The highest BCUT2D eigenvalue weighted by atomic mass is 16.6. The van der Waals surface area contributed by atoms with Crippen LogP contribution in [0.4, 0.5) is 0 Å². The third-order valence-electron chi connectivity index (χ3n) is 11.3. The van der Waals surface area contributed by atoms with Crippen molar-refractivity contribution in [2.24, 2.45) is 0 Å². The maximum Gasteiger partial charge on any atom is 0.306 e. The van der Waals surface area contributed by atoms with Gasteiger partial charge in [0.15, 0.2) is 6.10 Å². The second-order valence-electron chi connectivity index (χ2n) is 18.1. The Bertz CT molecular complexity index is 1590. The highest BCUT2D eigenvalue weighted by Crippen LogP contribution is 2.11. The number of ether oxygens (including phenoxy) is 3. The van der Waals surface area contributed by atoms with Gasteiger partial charge in [-0.1, -0.05) is 212 Å². The Morgan fingerprint density at radius 3 is 0.901 bits per heavy atom. The third kappa shape index (κ3) is 56.1. The van der Waals surface area contributed by atoms with Crippen LogP contribution in [0.2, 0.25) is 0 Å². The quantitative estimate of drug-likeness (QED) is 0.0262. The molecule has 0 saturated heterocycles. The second-order valence-corrected chi connectivity index (χ2v) is 18.1. The number of rotatable bonds is 49. The number of carbonyl (C=O) groups is 3. The molecular weight excluding hydrogens is 877 g/mol. The first-order valence-corrected chi connectivity index (χ1v) is 28.3. The predicted molar refractivity (Wildman–Crippen MR) is 306 cm³/mol. The van der Waals surface area contributed by atoms with Crippen LogP contribution >= 0.6 is 0 Å². The van der Waals surface area contributed by atoms with Gasteiger partial charge in [0.1, 0.15) is 13.2 Å². The molecule has 0 spiro atoms. The maximum atomic E-state index is 12.8. The average Bonchev–Trinajstić information content (AvgIpc) is 3.37. The van der Waals surface area contributed by atoms with Crippen molar-refractivity contribution in [3.63, 3.8) is 0 Å². The van der Waals surface area contributed by atoms with Crippen molar-refractivity contribution in [3.05, 3.63) is 146 Å². The lowest BCUT2D eigenvalue weighted by Crippen LogP contribution is -2.30. The number of unbranched alkanes of at least 4 members (excludes halogenated alkanes) is 14. The normalized spacial score (nSPS) is 13.2. The van der Waals surface area contributed by atoms with E-state index in [1.165, 1.54) is 51.4 Å². The fraction of sp³-hybridized carbons (Fsp3) is 0.585. The largest absolute Gasteiger partial charge is 0.462 e. The Morgan fingerprint density at radius 2 is 0.563 bits per heavy atom. The standard InChI is InChI=1S/C65H102O6/c1-4-7-10-13-16-19-22-25-28-31-32-35-37-40-43-46-49-52-55-58-64(67)70-61-62(71-65(68)59-56-53-50-47-44-41-38-34-30-27-24-21-18-15-12-9-6-3)60-69-63(66)57-54-51-48-45-42-39-36-33-29-26-23-20-17-14-11-8-5-2/h7,10,16-21,25-30,32,35-36,38-41,43,47,50,62H,4-6,8-9,11-15,22-24,31,33-34,37,42,44-46,48-49,51-61H2,1-3H3/b10-7+,19-16+,20-17+,21-18+,28-25+,29-26+,30-27+,35-32+,39-36+,41-38+,43-40+,50-47+/t62-/m1/s1. The van der Waals surface area contributed by atoms with E-state index in [2.05, 4.69) is 167 Å². The van der Waals surface area contributed by atoms with Crippen LogP contribution in [0, 0.1) is 0 Å². The molecule has 0 amide bonds. The summed E-state index contributed by atoms with van der Waals surface area (Å²) in [5.41, 5.74) is 0. The zero-order chi connectivity index (χ0) is 51.4. The summed E-state index contributed by atoms with van der Waals surface area (Å²) < 4.78 is 16.8. The zero-order valence-corrected chi connectivity index (χ0v) is 45.4. The molecule has 0 fully saturated rings. The van der Waals surface area contributed by atoms with Gasteiger partial charge in [-0.25, -0.2) is 0 Å². The van der Waals surface area contributed by atoms with Crippen LogP contribution in [0.1, 0.15) is 226 Å². The van der Waals surface area contributed by atoms with Gasteiger partial charge in [0.2, 0.25) is 0 Å². The average molecular weight is 980 g/mol. The molecule has 0 radical (unpaired) electrons. The van der Waals surface area contributed by atoms with E-state index < -0.39 is 6.10 Å². The van der Waals surface area contributed by atoms with E-state index >= 15 is 0 Å². The Labute approximate surface area is 436 Å². The Morgan fingerprint density at radius 1 is 0.296 bits per heavy atom. The molecule has 0 aromatic heterocycles. The van der Waals surface area contributed by atoms with E-state index in [1.807, 2.05) is 0 Å². The summed E-state index contributed by atoms with van der Waals surface area (Å²) in [6.45, 7) is 6.36. The first-order valence-electron chi connectivity index (χ1n) is 28.3. The van der Waals surface area contributed by atoms with Gasteiger partial charge in [-0.3, -0.25) is 14.4 Å². The van der Waals surface area contributed by atoms with Gasteiger partial charge in [-0.05, 0) is 141 Å². The summed E-state index contributed by atoms with van der Waals surface area (Å²) >= 11 is 0. The third-order valence-corrected chi connectivity index (χ3v) is 11.3. The van der Waals surface area contributed by atoms with Gasteiger partial charge in [0.05, 0.1) is 0 Å². The van der Waals surface area contributed by atoms with E-state index in [0.717, 1.165) is 128 Å². The minimum Gasteiger partial charge on any atom is -0.462 e. The SMILES string of the molecule is CC/C=C/C/C=C/C/C=C/C/C=C/C/C=C/CCCCCC(=O)OC[C@@H](COC(=O)CCCCCC/C=C/C/C=C/C/C=C/CCCCC)OC(=O)CCC/C=C/C/C=C/C/C=C/C/C=C/CCCCC. The number of hydrogen-bond acceptors (Lipinski definition) is 6. The molecule has 0 aromatic carbocycles. The Balaban J connectivity index is 4.61. The van der Waals surface area contributed by atoms with E-state index in [9.17, 15) is 14.4 Å². The fourth-order valence-corrected chi connectivity index (χ4v) is 7.05. The first kappa shape index (κ1) is 66.3. The van der Waals surface area contributed by atoms with Crippen LogP contribution in [-0.4, -0.2) is 37.2 Å². The summed E-state index contributed by atoms with van der Waals surface area (Å²) in [5, 5.41) is 0. The van der Waals surface area contributed by atoms with Crippen LogP contribution in [0.25, 0.3) is 0 Å². The number of hydrogen-bond donors (Lipinski definition) is 0. The van der Waals surface area contributed by atoms with Crippen molar-refractivity contribution in [2.45, 2.75) is 232 Å². The number of carbonyl (C=O) groups excluding carboxylic acids is 3. The van der Waals surface area contributed by atoms with Crippen LogP contribution in [0.3, 0.4) is 0 Å². The van der Waals surface area contributed by atoms with Crippen molar-refractivity contribution in [3.8, 4) is 0 Å². The van der Waals surface area contributed by atoms with Crippen LogP contribution in [-0.2, 0) is 28.6 Å².